The Morgan fingerprint density at radius 3 is 2.61 bits per heavy atom. The lowest BCUT2D eigenvalue weighted by molar-refractivity contribution is -0.120. The number of H-pyrrole nitrogens is 1. The molecule has 0 radical (unpaired) electrons. The summed E-state index contributed by atoms with van der Waals surface area (Å²) in [4.78, 5) is 31.5. The van der Waals surface area contributed by atoms with Crippen molar-refractivity contribution in [2.45, 2.75) is 13.0 Å². The molecule has 0 spiro atoms. The van der Waals surface area contributed by atoms with Crippen LogP contribution in [-0.2, 0) is 17.8 Å². The Kier molecular flexibility index (Phi) is 4.67. The second kappa shape index (κ2) is 7.43. The molecule has 0 saturated carbocycles. The molecule has 7 nitrogen and oxygen atoms in total. The summed E-state index contributed by atoms with van der Waals surface area (Å²) in [5.74, 6) is -0.289. The predicted molar refractivity (Wildman–Crippen MR) is 101 cm³/mol. The lowest BCUT2D eigenvalue weighted by Gasteiger charge is -2.06. The Morgan fingerprint density at radius 1 is 1.11 bits per heavy atom. The average Bonchev–Trinajstić information content (AvgIpc) is 3.13. The van der Waals surface area contributed by atoms with Crippen LogP contribution >= 0.6 is 0 Å². The van der Waals surface area contributed by atoms with Gasteiger partial charge in [0.15, 0.2) is 5.65 Å². The molecule has 8 heteroatoms. The van der Waals surface area contributed by atoms with Gasteiger partial charge in [0.05, 0.1) is 24.8 Å². The summed E-state index contributed by atoms with van der Waals surface area (Å²) < 4.78 is 14.5. The van der Waals surface area contributed by atoms with Crippen molar-refractivity contribution >= 4 is 16.9 Å². The van der Waals surface area contributed by atoms with E-state index < -0.39 is 0 Å². The third kappa shape index (κ3) is 3.66. The molecule has 1 amide bonds. The summed E-state index contributed by atoms with van der Waals surface area (Å²) in [6, 6.07) is 15.1. The van der Waals surface area contributed by atoms with Crippen LogP contribution < -0.4 is 10.9 Å². The van der Waals surface area contributed by atoms with Gasteiger partial charge in [-0.25, -0.2) is 14.1 Å². The highest BCUT2D eigenvalue weighted by atomic mass is 19.1. The second-order valence-corrected chi connectivity index (χ2v) is 6.22. The van der Waals surface area contributed by atoms with Crippen LogP contribution in [0.4, 0.5) is 4.39 Å². The highest BCUT2D eigenvalue weighted by Gasteiger charge is 2.12. The van der Waals surface area contributed by atoms with E-state index in [1.54, 1.807) is 16.8 Å². The zero-order valence-electron chi connectivity index (χ0n) is 14.7. The molecule has 0 aliphatic heterocycles. The molecule has 2 aromatic heterocycles. The van der Waals surface area contributed by atoms with E-state index in [2.05, 4.69) is 20.4 Å². The third-order valence-corrected chi connectivity index (χ3v) is 4.22. The van der Waals surface area contributed by atoms with Crippen LogP contribution in [-0.4, -0.2) is 25.7 Å². The Morgan fingerprint density at radius 2 is 1.86 bits per heavy atom. The van der Waals surface area contributed by atoms with Gasteiger partial charge in [0.1, 0.15) is 17.0 Å². The number of aromatic amines is 1. The molecule has 0 unspecified atom stereocenters. The average molecular weight is 377 g/mol. The molecule has 0 bridgehead atoms. The molecule has 2 heterocycles. The minimum atomic E-state index is -0.353. The fraction of sp³-hybridized carbons (Fsp3) is 0.100. The van der Waals surface area contributed by atoms with E-state index in [4.69, 9.17) is 0 Å². The third-order valence-electron chi connectivity index (χ3n) is 4.22. The summed E-state index contributed by atoms with van der Waals surface area (Å²) in [7, 11) is 0. The van der Waals surface area contributed by atoms with Gasteiger partial charge in [-0.2, -0.15) is 5.10 Å². The smallest absolute Gasteiger partial charge is 0.262 e. The quantitative estimate of drug-likeness (QED) is 0.557. The maximum Gasteiger partial charge on any atom is 0.262 e. The van der Waals surface area contributed by atoms with E-state index in [0.29, 0.717) is 22.4 Å². The van der Waals surface area contributed by atoms with E-state index in [-0.39, 0.29) is 30.2 Å². The molecule has 28 heavy (non-hydrogen) atoms. The molecular formula is C20H16FN5O2. The van der Waals surface area contributed by atoms with Gasteiger partial charge in [0, 0.05) is 0 Å². The Labute approximate surface area is 158 Å². The number of hydrogen-bond acceptors (Lipinski definition) is 4. The Balaban J connectivity index is 1.53. The van der Waals surface area contributed by atoms with Crippen molar-refractivity contribution in [3.63, 3.8) is 0 Å². The number of rotatable bonds is 5. The number of benzene rings is 2. The van der Waals surface area contributed by atoms with Crippen molar-refractivity contribution in [2.75, 3.05) is 0 Å². The number of fused-ring (bicyclic) bond motifs is 1. The first-order chi connectivity index (χ1) is 13.6. The maximum absolute atomic E-state index is 12.9. The van der Waals surface area contributed by atoms with Crippen LogP contribution in [0.2, 0.25) is 0 Å². The minimum absolute atomic E-state index is 0.0607. The van der Waals surface area contributed by atoms with Crippen LogP contribution in [0.3, 0.4) is 0 Å². The monoisotopic (exact) mass is 377 g/mol. The van der Waals surface area contributed by atoms with Crippen LogP contribution in [0.1, 0.15) is 11.4 Å². The van der Waals surface area contributed by atoms with Gasteiger partial charge in [-0.1, -0.05) is 30.3 Å². The number of amides is 1. The molecule has 4 aromatic rings. The van der Waals surface area contributed by atoms with E-state index in [0.717, 1.165) is 5.69 Å². The fourth-order valence-electron chi connectivity index (χ4n) is 2.84. The number of hydrogen-bond donors (Lipinski definition) is 2. The van der Waals surface area contributed by atoms with Crippen molar-refractivity contribution in [3.05, 3.63) is 88.4 Å². The molecule has 0 saturated heterocycles. The molecule has 2 aromatic carbocycles. The number of carbonyl (C=O) groups excluding carboxylic acids is 1. The standard InChI is InChI=1S/C20H16FN5O2/c21-14-8-6-13(7-9-14)10-18(27)22-12-17-24-19-16(20(28)25-17)11-23-26(19)15-4-2-1-3-5-15/h1-9,11H,10,12H2,(H,22,27)(H,24,25,28). The first kappa shape index (κ1) is 17.6. The van der Waals surface area contributed by atoms with Crippen LogP contribution in [0, 0.1) is 5.82 Å². The van der Waals surface area contributed by atoms with Gasteiger partial charge >= 0.3 is 0 Å². The molecule has 0 atom stereocenters. The van der Waals surface area contributed by atoms with Gasteiger partial charge < -0.3 is 10.3 Å². The number of halogens is 1. The first-order valence-corrected chi connectivity index (χ1v) is 8.63. The van der Waals surface area contributed by atoms with Crippen LogP contribution in [0.5, 0.6) is 0 Å². The lowest BCUT2D eigenvalue weighted by atomic mass is 10.1. The van der Waals surface area contributed by atoms with Crippen molar-refractivity contribution < 1.29 is 9.18 Å². The lowest BCUT2D eigenvalue weighted by Crippen LogP contribution is -2.27. The van der Waals surface area contributed by atoms with Gasteiger partial charge in [-0.15, -0.1) is 0 Å². The molecule has 140 valence electrons. The normalized spacial score (nSPS) is 10.9. The summed E-state index contributed by atoms with van der Waals surface area (Å²) in [5.41, 5.74) is 1.56. The van der Waals surface area contributed by atoms with E-state index in [1.807, 2.05) is 30.3 Å². The summed E-state index contributed by atoms with van der Waals surface area (Å²) in [5, 5.41) is 7.32. The predicted octanol–water partition coefficient (Wildman–Crippen LogP) is 2.11. The molecule has 4 rings (SSSR count). The summed E-state index contributed by atoms with van der Waals surface area (Å²) in [6.45, 7) is 0.0607. The SMILES string of the molecule is O=C(Cc1ccc(F)cc1)NCc1nc2c(cnn2-c2ccccc2)c(=O)[nH]1. The van der Waals surface area contributed by atoms with Gasteiger partial charge in [0.2, 0.25) is 5.91 Å². The van der Waals surface area contributed by atoms with Crippen molar-refractivity contribution in [2.24, 2.45) is 0 Å². The van der Waals surface area contributed by atoms with Crippen LogP contribution in [0.25, 0.3) is 16.7 Å². The highest BCUT2D eigenvalue weighted by molar-refractivity contribution is 5.78. The van der Waals surface area contributed by atoms with E-state index >= 15 is 0 Å². The highest BCUT2D eigenvalue weighted by Crippen LogP contribution is 2.13. The topological polar surface area (TPSA) is 92.7 Å². The minimum Gasteiger partial charge on any atom is -0.349 e. The number of para-hydroxylation sites is 1. The maximum atomic E-state index is 12.9. The van der Waals surface area contributed by atoms with Crippen molar-refractivity contribution in [3.8, 4) is 5.69 Å². The zero-order valence-corrected chi connectivity index (χ0v) is 14.7. The van der Waals surface area contributed by atoms with Gasteiger partial charge in [0.25, 0.3) is 5.56 Å². The van der Waals surface area contributed by atoms with E-state index in [9.17, 15) is 14.0 Å². The van der Waals surface area contributed by atoms with Gasteiger partial charge in [-0.05, 0) is 29.8 Å². The largest absolute Gasteiger partial charge is 0.349 e. The zero-order chi connectivity index (χ0) is 19.5. The van der Waals surface area contributed by atoms with E-state index in [1.165, 1.54) is 18.3 Å². The summed E-state index contributed by atoms with van der Waals surface area (Å²) in [6.07, 6.45) is 1.57. The first-order valence-electron chi connectivity index (χ1n) is 8.63. The number of aromatic nitrogens is 4. The van der Waals surface area contributed by atoms with Crippen molar-refractivity contribution in [1.82, 2.24) is 25.1 Å². The number of nitrogens with one attached hydrogen (secondary N) is 2. The van der Waals surface area contributed by atoms with Crippen molar-refractivity contribution in [1.29, 1.82) is 0 Å². The number of nitrogens with zero attached hydrogens (tertiary/aromatic N) is 3. The van der Waals surface area contributed by atoms with Gasteiger partial charge in [-0.3, -0.25) is 9.59 Å². The molecular weight excluding hydrogens is 361 g/mol. The van der Waals surface area contributed by atoms with Crippen LogP contribution in [0.15, 0.2) is 65.6 Å². The second-order valence-electron chi connectivity index (χ2n) is 6.22. The number of carbonyl (C=O) groups is 1. The summed E-state index contributed by atoms with van der Waals surface area (Å²) >= 11 is 0. The molecule has 0 aliphatic carbocycles. The molecule has 2 N–H and O–H groups in total. The Hall–Kier alpha value is -3.81. The molecule has 0 fully saturated rings. The fourth-order valence-corrected chi connectivity index (χ4v) is 2.84. The Bertz CT molecular complexity index is 1180. The molecule has 0 aliphatic rings.